The highest BCUT2D eigenvalue weighted by molar-refractivity contribution is 7.98. The number of thioether (sulfide) groups is 1. The first kappa shape index (κ1) is 44.6. The molecule has 60 heavy (non-hydrogen) atoms. The summed E-state index contributed by atoms with van der Waals surface area (Å²) in [6.45, 7) is 5.61. The maximum absolute atomic E-state index is 14.6. The number of carbonyl (C=O) groups is 1. The summed E-state index contributed by atoms with van der Waals surface area (Å²) in [4.78, 5) is 23.9. The summed E-state index contributed by atoms with van der Waals surface area (Å²) in [6, 6.07) is 13.4. The number of hydrogen-bond acceptors (Lipinski definition) is 12. The van der Waals surface area contributed by atoms with Gasteiger partial charge >= 0.3 is 0 Å². The lowest BCUT2D eigenvalue weighted by Crippen LogP contribution is -2.70. The molecule has 2 aromatic carbocycles. The van der Waals surface area contributed by atoms with Crippen LogP contribution >= 0.6 is 11.8 Å². The minimum Gasteiger partial charge on any atom is -0.459 e. The van der Waals surface area contributed by atoms with Gasteiger partial charge in [-0.2, -0.15) is 0 Å². The van der Waals surface area contributed by atoms with Gasteiger partial charge in [-0.1, -0.05) is 30.1 Å². The summed E-state index contributed by atoms with van der Waals surface area (Å²) in [5.41, 5.74) is 2.70. The van der Waals surface area contributed by atoms with E-state index in [-0.39, 0.29) is 75.8 Å². The number of unbranched alkanes of at least 4 members (excludes halogenated alkanes) is 2. The van der Waals surface area contributed by atoms with E-state index in [1.54, 1.807) is 17.8 Å². The van der Waals surface area contributed by atoms with Crippen LogP contribution in [0.25, 0.3) is 0 Å². The lowest BCUT2D eigenvalue weighted by molar-refractivity contribution is -0.258. The zero-order chi connectivity index (χ0) is 41.9. The lowest BCUT2D eigenvalue weighted by atomic mass is 9.55. The Labute approximate surface area is 359 Å². The van der Waals surface area contributed by atoms with Crippen LogP contribution in [0.4, 0.5) is 0 Å². The Bertz CT molecular complexity index is 1780. The number of aliphatic hydroxyl groups excluding tert-OH is 3. The van der Waals surface area contributed by atoms with E-state index in [0.717, 1.165) is 85.3 Å². The fourth-order valence-corrected chi connectivity index (χ4v) is 10.1. The number of ether oxygens (including phenoxy) is 5. The first-order valence-corrected chi connectivity index (χ1v) is 23.3. The number of hydrogen-bond donors (Lipinski definition) is 3. The third-order valence-electron chi connectivity index (χ3n) is 12.7. The van der Waals surface area contributed by atoms with Crippen molar-refractivity contribution in [1.82, 2.24) is 4.90 Å². The van der Waals surface area contributed by atoms with Crippen molar-refractivity contribution in [3.8, 4) is 17.2 Å². The Balaban J connectivity index is 1.41. The van der Waals surface area contributed by atoms with E-state index in [1.165, 1.54) is 0 Å². The molecule has 12 nitrogen and oxygen atoms in total. The van der Waals surface area contributed by atoms with E-state index in [4.69, 9.17) is 33.7 Å². The van der Waals surface area contributed by atoms with Crippen LogP contribution in [0.3, 0.4) is 0 Å². The van der Waals surface area contributed by atoms with Crippen molar-refractivity contribution in [2.75, 3.05) is 59.0 Å². The number of rotatable bonds is 23. The Hall–Kier alpha value is -3.43. The van der Waals surface area contributed by atoms with Gasteiger partial charge < -0.3 is 48.7 Å². The number of nitrogens with zero attached hydrogens (tertiary/aromatic N) is 2. The summed E-state index contributed by atoms with van der Waals surface area (Å²) < 4.78 is 32.8. The normalized spacial score (nSPS) is 27.6. The highest BCUT2D eigenvalue weighted by atomic mass is 32.2. The van der Waals surface area contributed by atoms with Crippen LogP contribution in [-0.4, -0.2) is 109 Å². The van der Waals surface area contributed by atoms with Crippen LogP contribution in [0, 0.1) is 23.7 Å². The second kappa shape index (κ2) is 21.6. The molecular formula is C47H64N2O10S. The molecule has 2 aromatic rings. The maximum Gasteiger partial charge on any atom is 0.239 e. The number of benzene rings is 2. The van der Waals surface area contributed by atoms with E-state index < -0.39 is 24.0 Å². The fraction of sp³-hybridized carbons (Fsp3) is 0.617. The van der Waals surface area contributed by atoms with Crippen LogP contribution < -0.4 is 9.47 Å². The minimum atomic E-state index is -1.36. The Morgan fingerprint density at radius 1 is 0.983 bits per heavy atom. The summed E-state index contributed by atoms with van der Waals surface area (Å²) in [5.74, 6) is 0.204. The SMILES string of the molecule is C=CCOC12Oc3ccc(Oc4ccc(SC)cc4)cc3C3C(CCCCO)C(CCCCO)C=C(C(=NOC4CCCCO4)CC1N(CCOCCO)C(=O)C1CC1)C32. The predicted octanol–water partition coefficient (Wildman–Crippen LogP) is 7.61. The first-order valence-electron chi connectivity index (χ1n) is 22.1. The summed E-state index contributed by atoms with van der Waals surface area (Å²) in [6.07, 6.45) is 15.0. The largest absolute Gasteiger partial charge is 0.459 e. The van der Waals surface area contributed by atoms with Crippen LogP contribution in [-0.2, 0) is 23.8 Å². The zero-order valence-electron chi connectivity index (χ0n) is 35.1. The molecule has 2 saturated carbocycles. The molecule has 328 valence electrons. The highest BCUT2D eigenvalue weighted by Gasteiger charge is 2.66. The summed E-state index contributed by atoms with van der Waals surface area (Å²) >= 11 is 1.68. The molecule has 0 aromatic heterocycles. The third kappa shape index (κ3) is 10.3. The van der Waals surface area contributed by atoms with Gasteiger partial charge in [0.05, 0.1) is 44.7 Å². The second-order valence-corrected chi connectivity index (χ2v) is 17.5. The molecule has 0 radical (unpaired) electrons. The molecule has 7 unspecified atom stereocenters. The number of fused-ring (bicyclic) bond motifs is 2. The van der Waals surface area contributed by atoms with Gasteiger partial charge in [0.2, 0.25) is 18.0 Å². The van der Waals surface area contributed by atoms with Crippen molar-refractivity contribution in [2.24, 2.45) is 28.8 Å². The molecule has 1 saturated heterocycles. The number of oxime groups is 1. The van der Waals surface area contributed by atoms with E-state index in [0.29, 0.717) is 37.4 Å². The maximum atomic E-state index is 14.6. The number of aliphatic hydroxyl groups is 3. The van der Waals surface area contributed by atoms with Gasteiger partial charge in [0.15, 0.2) is 0 Å². The molecule has 0 bridgehead atoms. The monoisotopic (exact) mass is 848 g/mol. The van der Waals surface area contributed by atoms with Gasteiger partial charge in [-0.25, -0.2) is 0 Å². The molecule has 7 rings (SSSR count). The van der Waals surface area contributed by atoms with Gasteiger partial charge in [-0.15, -0.1) is 18.3 Å². The highest BCUT2D eigenvalue weighted by Crippen LogP contribution is 2.62. The zero-order valence-corrected chi connectivity index (χ0v) is 35.9. The summed E-state index contributed by atoms with van der Waals surface area (Å²) in [5, 5.41) is 34.4. The lowest BCUT2D eigenvalue weighted by Gasteiger charge is -2.60. The first-order chi connectivity index (χ1) is 29.4. The number of carbonyl (C=O) groups excluding carboxylic acids is 1. The van der Waals surface area contributed by atoms with E-state index in [1.807, 2.05) is 47.6 Å². The summed E-state index contributed by atoms with van der Waals surface area (Å²) in [7, 11) is 0. The molecule has 0 spiro atoms. The van der Waals surface area contributed by atoms with Crippen molar-refractivity contribution in [1.29, 1.82) is 0 Å². The quantitative estimate of drug-likeness (QED) is 0.0439. The van der Waals surface area contributed by atoms with E-state index in [9.17, 15) is 20.1 Å². The number of amides is 1. The third-order valence-corrected chi connectivity index (χ3v) is 13.4. The van der Waals surface area contributed by atoms with Crippen molar-refractivity contribution in [3.05, 3.63) is 72.3 Å². The van der Waals surface area contributed by atoms with E-state index in [2.05, 4.69) is 18.7 Å². The minimum absolute atomic E-state index is 0.0249. The standard InChI is InChI=1S/C47H64N2O10S/c1-3-25-56-47-42(49(21-27-54-28-24-52)46(53)32-13-14-32)31-40(48-59-43-12-6-9-26-55-43)38-29-33(10-4-7-22-50)37(11-5-8-23-51)44(45(38)47)39-30-35(17-20-41(39)58-47)57-34-15-18-36(60-2)19-16-34/h3,15-20,29-30,32-33,37,42-45,50-52H,1,4-14,21-28,31H2,2H3. The average Bonchev–Trinajstić information content (AvgIpc) is 4.13. The Morgan fingerprint density at radius 2 is 1.77 bits per heavy atom. The van der Waals surface area contributed by atoms with Crippen molar-refractivity contribution in [3.63, 3.8) is 0 Å². The van der Waals surface area contributed by atoms with Crippen LogP contribution in [0.2, 0.25) is 0 Å². The number of allylic oxidation sites excluding steroid dienone is 1. The molecule has 3 N–H and O–H groups in total. The van der Waals surface area contributed by atoms with Gasteiger partial charge in [0.25, 0.3) is 0 Å². The van der Waals surface area contributed by atoms with Crippen LogP contribution in [0.1, 0.15) is 88.5 Å². The molecule has 7 atom stereocenters. The van der Waals surface area contributed by atoms with Crippen molar-refractivity contribution < 1.29 is 48.6 Å². The molecule has 3 fully saturated rings. The molecule has 2 aliphatic heterocycles. The van der Waals surface area contributed by atoms with Gasteiger partial charge in [0.1, 0.15) is 23.3 Å². The Kier molecular flexibility index (Phi) is 16.0. The smallest absolute Gasteiger partial charge is 0.239 e. The average molecular weight is 849 g/mol. The fourth-order valence-electron chi connectivity index (χ4n) is 9.72. The predicted molar refractivity (Wildman–Crippen MR) is 230 cm³/mol. The van der Waals surface area contributed by atoms with Gasteiger partial charge in [-0.05, 0) is 117 Å². The van der Waals surface area contributed by atoms with Crippen molar-refractivity contribution in [2.45, 2.75) is 106 Å². The second-order valence-electron chi connectivity index (χ2n) is 16.6. The molecule has 13 heteroatoms. The molecule has 5 aliphatic rings. The van der Waals surface area contributed by atoms with Gasteiger partial charge in [0, 0.05) is 54.9 Å². The van der Waals surface area contributed by atoms with Crippen LogP contribution in [0.5, 0.6) is 17.2 Å². The van der Waals surface area contributed by atoms with Crippen LogP contribution in [0.15, 0.2) is 76.8 Å². The van der Waals surface area contributed by atoms with E-state index >= 15 is 0 Å². The van der Waals surface area contributed by atoms with Crippen molar-refractivity contribution >= 4 is 23.4 Å². The topological polar surface area (TPSA) is 149 Å². The van der Waals surface area contributed by atoms with Gasteiger partial charge in [-0.3, -0.25) is 4.79 Å². The molecule has 3 aliphatic carbocycles. The molecule has 1 amide bonds. The molecular weight excluding hydrogens is 785 g/mol. The molecule has 2 heterocycles. The Morgan fingerprint density at radius 3 is 2.47 bits per heavy atom.